The van der Waals surface area contributed by atoms with Crippen LogP contribution in [0.4, 0.5) is 0 Å². The lowest BCUT2D eigenvalue weighted by atomic mass is 10.0. The number of benzene rings is 2. The number of rotatable bonds is 5. The predicted molar refractivity (Wildman–Crippen MR) is 79.9 cm³/mol. The van der Waals surface area contributed by atoms with Crippen LogP contribution < -0.4 is 0 Å². The molecule has 19 heavy (non-hydrogen) atoms. The summed E-state index contributed by atoms with van der Waals surface area (Å²) in [6.07, 6.45) is -0.284. The molecule has 2 nitrogen and oxygen atoms in total. The summed E-state index contributed by atoms with van der Waals surface area (Å²) in [6, 6.07) is 19.0. The van der Waals surface area contributed by atoms with Crippen LogP contribution in [0.5, 0.6) is 0 Å². The van der Waals surface area contributed by atoms with Crippen LogP contribution in [0.1, 0.15) is 12.5 Å². The van der Waals surface area contributed by atoms with Gasteiger partial charge in [-0.1, -0.05) is 54.6 Å². The van der Waals surface area contributed by atoms with E-state index in [9.17, 15) is 5.11 Å². The monoisotopic (exact) mass is 255 g/mol. The van der Waals surface area contributed by atoms with Crippen LogP contribution in [0, 0.1) is 0 Å². The molecule has 0 heterocycles. The van der Waals surface area contributed by atoms with Crippen LogP contribution in [0.15, 0.2) is 54.6 Å². The fraction of sp³-hybridized carbons (Fsp3) is 0.294. The van der Waals surface area contributed by atoms with Gasteiger partial charge in [0.2, 0.25) is 0 Å². The van der Waals surface area contributed by atoms with Crippen LogP contribution in [-0.2, 0) is 6.54 Å². The van der Waals surface area contributed by atoms with Gasteiger partial charge >= 0.3 is 0 Å². The Hall–Kier alpha value is -1.64. The van der Waals surface area contributed by atoms with Gasteiger partial charge in [-0.3, -0.25) is 4.90 Å². The highest BCUT2D eigenvalue weighted by molar-refractivity contribution is 5.63. The van der Waals surface area contributed by atoms with Crippen LogP contribution >= 0.6 is 0 Å². The van der Waals surface area contributed by atoms with Crippen molar-refractivity contribution in [3.63, 3.8) is 0 Å². The molecule has 0 amide bonds. The molecule has 0 spiro atoms. The second-order valence-corrected chi connectivity index (χ2v) is 5.11. The Labute approximate surface area is 115 Å². The topological polar surface area (TPSA) is 23.5 Å². The van der Waals surface area contributed by atoms with E-state index in [1.165, 1.54) is 16.7 Å². The number of nitrogens with zero attached hydrogens (tertiary/aromatic N) is 1. The van der Waals surface area contributed by atoms with Crippen molar-refractivity contribution in [2.45, 2.75) is 19.6 Å². The Balaban J connectivity index is 2.03. The molecule has 100 valence electrons. The zero-order valence-corrected chi connectivity index (χ0v) is 11.6. The minimum absolute atomic E-state index is 0.284. The predicted octanol–water partition coefficient (Wildman–Crippen LogP) is 3.17. The number of aliphatic hydroxyl groups is 1. The molecule has 1 N–H and O–H groups in total. The average molecular weight is 255 g/mol. The van der Waals surface area contributed by atoms with Crippen molar-refractivity contribution in [1.82, 2.24) is 4.90 Å². The fourth-order valence-corrected chi connectivity index (χ4v) is 2.26. The standard InChI is InChI=1S/C17H21NO/c1-14(19)12-18(2)13-15-8-10-17(11-9-15)16-6-4-3-5-7-16/h3-11,14,19H,12-13H2,1-2H3. The van der Waals surface area contributed by atoms with Crippen molar-refractivity contribution in [3.05, 3.63) is 60.2 Å². The van der Waals surface area contributed by atoms with Crippen molar-refractivity contribution in [2.24, 2.45) is 0 Å². The molecule has 0 saturated heterocycles. The molecule has 1 unspecified atom stereocenters. The number of aliphatic hydroxyl groups excluding tert-OH is 1. The molecule has 0 aromatic heterocycles. The van der Waals surface area contributed by atoms with E-state index in [-0.39, 0.29) is 6.10 Å². The molecule has 0 bridgehead atoms. The highest BCUT2D eigenvalue weighted by atomic mass is 16.3. The maximum atomic E-state index is 9.35. The first-order chi connectivity index (χ1) is 9.15. The molecule has 2 aromatic rings. The molecule has 1 atom stereocenters. The zero-order valence-electron chi connectivity index (χ0n) is 11.6. The van der Waals surface area contributed by atoms with Gasteiger partial charge in [0.1, 0.15) is 0 Å². The molecule has 0 aliphatic rings. The van der Waals surface area contributed by atoms with Crippen molar-refractivity contribution >= 4 is 0 Å². The summed E-state index contributed by atoms with van der Waals surface area (Å²) in [7, 11) is 2.03. The second kappa shape index (κ2) is 6.50. The summed E-state index contributed by atoms with van der Waals surface area (Å²) in [5.41, 5.74) is 3.75. The van der Waals surface area contributed by atoms with Gasteiger partial charge in [0, 0.05) is 13.1 Å². The lowest BCUT2D eigenvalue weighted by molar-refractivity contribution is 0.138. The van der Waals surface area contributed by atoms with E-state index in [1.807, 2.05) is 20.0 Å². The van der Waals surface area contributed by atoms with E-state index in [1.54, 1.807) is 0 Å². The molecule has 0 aliphatic heterocycles. The Kier molecular flexibility index (Phi) is 4.72. The Bertz CT molecular complexity index is 490. The Morgan fingerprint density at radius 3 is 2.11 bits per heavy atom. The number of likely N-dealkylation sites (N-methyl/N-ethyl adjacent to an activating group) is 1. The van der Waals surface area contributed by atoms with E-state index in [0.29, 0.717) is 6.54 Å². The van der Waals surface area contributed by atoms with E-state index >= 15 is 0 Å². The fourth-order valence-electron chi connectivity index (χ4n) is 2.26. The van der Waals surface area contributed by atoms with Crippen molar-refractivity contribution < 1.29 is 5.11 Å². The molecule has 0 fully saturated rings. The van der Waals surface area contributed by atoms with Gasteiger partial charge in [0.05, 0.1) is 6.10 Å². The maximum absolute atomic E-state index is 9.35. The zero-order chi connectivity index (χ0) is 13.7. The normalized spacial score (nSPS) is 12.6. The van der Waals surface area contributed by atoms with Crippen LogP contribution in [0.3, 0.4) is 0 Å². The third-order valence-corrected chi connectivity index (χ3v) is 3.09. The highest BCUT2D eigenvalue weighted by Gasteiger charge is 2.04. The van der Waals surface area contributed by atoms with Gasteiger partial charge in [-0.25, -0.2) is 0 Å². The molecular weight excluding hydrogens is 234 g/mol. The third-order valence-electron chi connectivity index (χ3n) is 3.09. The molecule has 0 saturated carbocycles. The quantitative estimate of drug-likeness (QED) is 0.887. The summed E-state index contributed by atoms with van der Waals surface area (Å²) in [5, 5.41) is 9.35. The minimum atomic E-state index is -0.284. The van der Waals surface area contributed by atoms with Crippen molar-refractivity contribution in [2.75, 3.05) is 13.6 Å². The Morgan fingerprint density at radius 2 is 1.53 bits per heavy atom. The highest BCUT2D eigenvalue weighted by Crippen LogP contribution is 2.19. The average Bonchev–Trinajstić information content (AvgIpc) is 2.39. The Morgan fingerprint density at radius 1 is 0.947 bits per heavy atom. The van der Waals surface area contributed by atoms with Gasteiger partial charge in [-0.2, -0.15) is 0 Å². The van der Waals surface area contributed by atoms with Gasteiger partial charge in [0.15, 0.2) is 0 Å². The third kappa shape index (κ3) is 4.19. The van der Waals surface area contributed by atoms with Crippen LogP contribution in [0.2, 0.25) is 0 Å². The molecule has 2 heteroatoms. The van der Waals surface area contributed by atoms with Gasteiger partial charge in [-0.05, 0) is 30.7 Å². The smallest absolute Gasteiger partial charge is 0.0639 e. The maximum Gasteiger partial charge on any atom is 0.0639 e. The molecule has 0 radical (unpaired) electrons. The SMILES string of the molecule is CC(O)CN(C)Cc1ccc(-c2ccccc2)cc1. The lowest BCUT2D eigenvalue weighted by Gasteiger charge is -2.18. The molecule has 0 aliphatic carbocycles. The van der Waals surface area contributed by atoms with Gasteiger partial charge < -0.3 is 5.11 Å². The second-order valence-electron chi connectivity index (χ2n) is 5.11. The summed E-state index contributed by atoms with van der Waals surface area (Å²) in [5.74, 6) is 0. The molecule has 2 rings (SSSR count). The van der Waals surface area contributed by atoms with Gasteiger partial charge in [0.25, 0.3) is 0 Å². The van der Waals surface area contributed by atoms with E-state index in [4.69, 9.17) is 0 Å². The summed E-state index contributed by atoms with van der Waals surface area (Å²) >= 11 is 0. The van der Waals surface area contributed by atoms with Crippen molar-refractivity contribution in [1.29, 1.82) is 0 Å². The summed E-state index contributed by atoms with van der Waals surface area (Å²) in [6.45, 7) is 3.37. The first-order valence-electron chi connectivity index (χ1n) is 6.66. The number of hydrogen-bond acceptors (Lipinski definition) is 2. The summed E-state index contributed by atoms with van der Waals surface area (Å²) < 4.78 is 0. The van der Waals surface area contributed by atoms with Crippen molar-refractivity contribution in [3.8, 4) is 11.1 Å². The first-order valence-corrected chi connectivity index (χ1v) is 6.66. The summed E-state index contributed by atoms with van der Waals surface area (Å²) in [4.78, 5) is 2.13. The van der Waals surface area contributed by atoms with Gasteiger partial charge in [-0.15, -0.1) is 0 Å². The lowest BCUT2D eigenvalue weighted by Crippen LogP contribution is -2.26. The minimum Gasteiger partial charge on any atom is -0.392 e. The largest absolute Gasteiger partial charge is 0.392 e. The number of hydrogen-bond donors (Lipinski definition) is 1. The van der Waals surface area contributed by atoms with E-state index in [2.05, 4.69) is 53.4 Å². The van der Waals surface area contributed by atoms with Crippen LogP contribution in [-0.4, -0.2) is 29.7 Å². The van der Waals surface area contributed by atoms with E-state index < -0.39 is 0 Å². The molecular formula is C17H21NO. The first kappa shape index (κ1) is 13.8. The van der Waals surface area contributed by atoms with Crippen LogP contribution in [0.25, 0.3) is 11.1 Å². The van der Waals surface area contributed by atoms with E-state index in [0.717, 1.165) is 6.54 Å². The molecule has 2 aromatic carbocycles.